The molecule has 0 heterocycles. The lowest BCUT2D eigenvalue weighted by molar-refractivity contribution is -0.138. The molecular formula is C12H15NO3. The molecule has 1 rings (SSSR count). The number of para-hydroxylation sites is 1. The Labute approximate surface area is 94.5 Å². The predicted octanol–water partition coefficient (Wildman–Crippen LogP) is 1.82. The Morgan fingerprint density at radius 1 is 1.25 bits per heavy atom. The normalized spacial score (nSPS) is 9.88. The molecule has 0 spiro atoms. The van der Waals surface area contributed by atoms with Gasteiger partial charge in [0.25, 0.3) is 0 Å². The monoisotopic (exact) mass is 221 g/mol. The highest BCUT2D eigenvalue weighted by Gasteiger charge is 2.13. The van der Waals surface area contributed by atoms with E-state index in [9.17, 15) is 9.59 Å². The van der Waals surface area contributed by atoms with Crippen LogP contribution in [0.1, 0.15) is 18.4 Å². The van der Waals surface area contributed by atoms with Gasteiger partial charge >= 0.3 is 5.97 Å². The van der Waals surface area contributed by atoms with Gasteiger partial charge in [0.05, 0.1) is 6.42 Å². The summed E-state index contributed by atoms with van der Waals surface area (Å²) in [7, 11) is 1.66. The summed E-state index contributed by atoms with van der Waals surface area (Å²) in [6.07, 6.45) is -0.102. The van der Waals surface area contributed by atoms with Gasteiger partial charge in [-0.3, -0.25) is 9.59 Å². The van der Waals surface area contributed by atoms with E-state index in [2.05, 4.69) is 0 Å². The van der Waals surface area contributed by atoms with E-state index in [1.165, 1.54) is 4.90 Å². The van der Waals surface area contributed by atoms with Gasteiger partial charge in [0.15, 0.2) is 0 Å². The molecule has 0 aliphatic heterocycles. The molecule has 0 bridgehead atoms. The Morgan fingerprint density at radius 2 is 1.88 bits per heavy atom. The fourth-order valence-corrected chi connectivity index (χ4v) is 1.46. The van der Waals surface area contributed by atoms with Gasteiger partial charge < -0.3 is 10.0 Å². The maximum absolute atomic E-state index is 11.7. The maximum atomic E-state index is 11.7. The topological polar surface area (TPSA) is 57.6 Å². The van der Waals surface area contributed by atoms with E-state index in [-0.39, 0.29) is 18.7 Å². The van der Waals surface area contributed by atoms with Crippen LogP contribution in [0.5, 0.6) is 0 Å². The molecule has 1 aromatic carbocycles. The first-order valence-electron chi connectivity index (χ1n) is 5.06. The number of hydrogen-bond acceptors (Lipinski definition) is 2. The average Bonchev–Trinajstić information content (AvgIpc) is 2.25. The Balaban J connectivity index is 2.71. The molecule has 0 saturated carbocycles. The van der Waals surface area contributed by atoms with Crippen molar-refractivity contribution >= 4 is 17.6 Å². The van der Waals surface area contributed by atoms with E-state index in [1.54, 1.807) is 7.05 Å². The lowest BCUT2D eigenvalue weighted by Crippen LogP contribution is -2.27. The summed E-state index contributed by atoms with van der Waals surface area (Å²) in [5, 5.41) is 8.50. The smallest absolute Gasteiger partial charge is 0.303 e. The summed E-state index contributed by atoms with van der Waals surface area (Å²) >= 11 is 0. The van der Waals surface area contributed by atoms with Crippen LogP contribution in [0.3, 0.4) is 0 Å². The van der Waals surface area contributed by atoms with Crippen LogP contribution < -0.4 is 4.90 Å². The predicted molar refractivity (Wildman–Crippen MR) is 61.5 cm³/mol. The van der Waals surface area contributed by atoms with Crippen LogP contribution >= 0.6 is 0 Å². The molecule has 0 aliphatic carbocycles. The van der Waals surface area contributed by atoms with Crippen molar-refractivity contribution in [3.63, 3.8) is 0 Å². The summed E-state index contributed by atoms with van der Waals surface area (Å²) < 4.78 is 0. The molecule has 0 fully saturated rings. The summed E-state index contributed by atoms with van der Waals surface area (Å²) in [4.78, 5) is 23.5. The first kappa shape index (κ1) is 12.2. The first-order valence-corrected chi connectivity index (χ1v) is 5.06. The molecule has 86 valence electrons. The fourth-order valence-electron chi connectivity index (χ4n) is 1.46. The Morgan fingerprint density at radius 3 is 2.44 bits per heavy atom. The van der Waals surface area contributed by atoms with E-state index in [0.717, 1.165) is 11.3 Å². The van der Waals surface area contributed by atoms with Crippen LogP contribution in [0.2, 0.25) is 0 Å². The molecule has 0 aliphatic rings. The second-order valence-corrected chi connectivity index (χ2v) is 3.63. The van der Waals surface area contributed by atoms with E-state index < -0.39 is 5.97 Å². The molecule has 1 aromatic rings. The molecule has 0 unspecified atom stereocenters. The highest BCUT2D eigenvalue weighted by atomic mass is 16.4. The quantitative estimate of drug-likeness (QED) is 0.843. The number of hydrogen-bond donors (Lipinski definition) is 1. The summed E-state index contributed by atoms with van der Waals surface area (Å²) in [5.41, 5.74) is 1.81. The Hall–Kier alpha value is -1.84. The van der Waals surface area contributed by atoms with Gasteiger partial charge in [-0.25, -0.2) is 0 Å². The summed E-state index contributed by atoms with van der Waals surface area (Å²) in [5.74, 6) is -1.14. The van der Waals surface area contributed by atoms with Crippen LogP contribution in [0, 0.1) is 6.92 Å². The zero-order valence-electron chi connectivity index (χ0n) is 9.43. The van der Waals surface area contributed by atoms with Crippen LogP contribution in [0.15, 0.2) is 24.3 Å². The van der Waals surface area contributed by atoms with Gasteiger partial charge in [0, 0.05) is 19.2 Å². The van der Waals surface area contributed by atoms with Crippen LogP contribution in [0.25, 0.3) is 0 Å². The summed E-state index contributed by atoms with van der Waals surface area (Å²) in [6.45, 7) is 1.91. The molecule has 0 saturated heterocycles. The number of rotatable bonds is 4. The molecule has 4 heteroatoms. The summed E-state index contributed by atoms with van der Waals surface area (Å²) in [6, 6.07) is 7.50. The Kier molecular flexibility index (Phi) is 4.05. The molecular weight excluding hydrogens is 206 g/mol. The molecule has 1 N–H and O–H groups in total. The van der Waals surface area contributed by atoms with Gasteiger partial charge in [-0.15, -0.1) is 0 Å². The number of benzene rings is 1. The molecule has 0 atom stereocenters. The largest absolute Gasteiger partial charge is 0.481 e. The lowest BCUT2D eigenvalue weighted by Gasteiger charge is -2.19. The number of anilines is 1. The van der Waals surface area contributed by atoms with Crippen molar-refractivity contribution in [3.05, 3.63) is 29.8 Å². The second-order valence-electron chi connectivity index (χ2n) is 3.63. The average molecular weight is 221 g/mol. The van der Waals surface area contributed by atoms with Gasteiger partial charge in [0.1, 0.15) is 0 Å². The Bertz CT molecular complexity index is 401. The number of carboxylic acid groups (broad SMARTS) is 1. The van der Waals surface area contributed by atoms with Crippen molar-refractivity contribution in [1.82, 2.24) is 0 Å². The standard InChI is InChI=1S/C12H15NO3/c1-9-5-3-4-6-10(9)13(2)11(14)7-8-12(15)16/h3-6H,7-8H2,1-2H3,(H,15,16). The fraction of sp³-hybridized carbons (Fsp3) is 0.333. The second kappa shape index (κ2) is 5.30. The van der Waals surface area contributed by atoms with Crippen molar-refractivity contribution in [2.45, 2.75) is 19.8 Å². The van der Waals surface area contributed by atoms with E-state index in [4.69, 9.17) is 5.11 Å². The number of carbonyl (C=O) groups excluding carboxylic acids is 1. The van der Waals surface area contributed by atoms with Crippen molar-refractivity contribution in [1.29, 1.82) is 0 Å². The molecule has 4 nitrogen and oxygen atoms in total. The highest BCUT2D eigenvalue weighted by molar-refractivity contribution is 5.94. The van der Waals surface area contributed by atoms with Crippen molar-refractivity contribution < 1.29 is 14.7 Å². The number of carboxylic acids is 1. The first-order chi connectivity index (χ1) is 7.52. The minimum absolute atomic E-state index is 0.0279. The maximum Gasteiger partial charge on any atom is 0.303 e. The number of aryl methyl sites for hydroxylation is 1. The van der Waals surface area contributed by atoms with Crippen LogP contribution in [-0.4, -0.2) is 24.0 Å². The van der Waals surface area contributed by atoms with E-state index in [1.807, 2.05) is 31.2 Å². The number of aliphatic carboxylic acids is 1. The van der Waals surface area contributed by atoms with E-state index in [0.29, 0.717) is 0 Å². The van der Waals surface area contributed by atoms with Gasteiger partial charge in [-0.05, 0) is 18.6 Å². The molecule has 0 radical (unpaired) electrons. The van der Waals surface area contributed by atoms with Gasteiger partial charge in [-0.2, -0.15) is 0 Å². The van der Waals surface area contributed by atoms with Crippen molar-refractivity contribution in [2.75, 3.05) is 11.9 Å². The zero-order valence-corrected chi connectivity index (χ0v) is 9.43. The minimum atomic E-state index is -0.952. The third-order valence-electron chi connectivity index (χ3n) is 2.40. The highest BCUT2D eigenvalue weighted by Crippen LogP contribution is 2.18. The number of carbonyl (C=O) groups is 2. The lowest BCUT2D eigenvalue weighted by atomic mass is 10.1. The van der Waals surface area contributed by atoms with Gasteiger partial charge in [-0.1, -0.05) is 18.2 Å². The van der Waals surface area contributed by atoms with Crippen LogP contribution in [-0.2, 0) is 9.59 Å². The molecule has 16 heavy (non-hydrogen) atoms. The van der Waals surface area contributed by atoms with Gasteiger partial charge in [0.2, 0.25) is 5.91 Å². The minimum Gasteiger partial charge on any atom is -0.481 e. The third kappa shape index (κ3) is 3.08. The number of nitrogens with zero attached hydrogens (tertiary/aromatic N) is 1. The molecule has 1 amide bonds. The van der Waals surface area contributed by atoms with Crippen molar-refractivity contribution in [3.8, 4) is 0 Å². The van der Waals surface area contributed by atoms with Crippen molar-refractivity contribution in [2.24, 2.45) is 0 Å². The SMILES string of the molecule is Cc1ccccc1N(C)C(=O)CCC(=O)O. The molecule has 0 aromatic heterocycles. The van der Waals surface area contributed by atoms with E-state index >= 15 is 0 Å². The van der Waals surface area contributed by atoms with Crippen LogP contribution in [0.4, 0.5) is 5.69 Å². The number of amides is 1. The third-order valence-corrected chi connectivity index (χ3v) is 2.40. The zero-order chi connectivity index (χ0) is 12.1.